The van der Waals surface area contributed by atoms with Gasteiger partial charge in [0.05, 0.1) is 11.6 Å². The van der Waals surface area contributed by atoms with Gasteiger partial charge < -0.3 is 9.73 Å². The average Bonchev–Trinajstić information content (AvgIpc) is 2.51. The van der Waals surface area contributed by atoms with Crippen LogP contribution in [0.5, 0.6) is 0 Å². The summed E-state index contributed by atoms with van der Waals surface area (Å²) in [7, 11) is 0. The lowest BCUT2D eigenvalue weighted by molar-refractivity contribution is 0.615. The molecule has 0 aromatic carbocycles. The lowest BCUT2D eigenvalue weighted by Gasteiger charge is -2.08. The second-order valence-electron chi connectivity index (χ2n) is 3.29. The molecule has 0 radical (unpaired) electrons. The minimum Gasteiger partial charge on any atom is -0.464 e. The summed E-state index contributed by atoms with van der Waals surface area (Å²) >= 11 is 0. The Labute approximate surface area is 76.8 Å². The molecule has 1 N–H and O–H groups in total. The highest BCUT2D eigenvalue weighted by atomic mass is 16.3. The van der Waals surface area contributed by atoms with Gasteiger partial charge in [0.25, 0.3) is 0 Å². The van der Waals surface area contributed by atoms with E-state index in [9.17, 15) is 0 Å². The van der Waals surface area contributed by atoms with Crippen LogP contribution in [-0.2, 0) is 0 Å². The molecule has 0 saturated carbocycles. The molecular weight excluding hydrogens is 164 g/mol. The summed E-state index contributed by atoms with van der Waals surface area (Å²) in [6, 6.07) is 4.17. The van der Waals surface area contributed by atoms with Crippen LogP contribution in [0.1, 0.15) is 13.8 Å². The van der Waals surface area contributed by atoms with Crippen molar-refractivity contribution in [3.05, 3.63) is 24.6 Å². The summed E-state index contributed by atoms with van der Waals surface area (Å²) in [6.07, 6.45) is 3.42. The minimum atomic E-state index is 0.382. The smallest absolute Gasteiger partial charge is 0.139 e. The van der Waals surface area contributed by atoms with Crippen LogP contribution < -0.4 is 5.32 Å². The molecule has 0 unspecified atom stereocenters. The molecule has 0 aliphatic rings. The molecule has 13 heavy (non-hydrogen) atoms. The number of rotatable bonds is 2. The van der Waals surface area contributed by atoms with Gasteiger partial charge in [-0.25, -0.2) is 4.98 Å². The maximum atomic E-state index is 5.26. The molecule has 3 nitrogen and oxygen atoms in total. The lowest BCUT2D eigenvalue weighted by Crippen LogP contribution is -2.10. The Morgan fingerprint density at radius 1 is 1.38 bits per heavy atom. The number of hydrogen-bond donors (Lipinski definition) is 1. The minimum absolute atomic E-state index is 0.382. The first-order valence-corrected chi connectivity index (χ1v) is 4.36. The Balaban J connectivity index is 2.48. The van der Waals surface area contributed by atoms with E-state index < -0.39 is 0 Å². The second-order valence-corrected chi connectivity index (χ2v) is 3.29. The number of pyridine rings is 1. The summed E-state index contributed by atoms with van der Waals surface area (Å²) in [5.74, 6) is 0.890. The Hall–Kier alpha value is -1.51. The van der Waals surface area contributed by atoms with E-state index in [0.717, 1.165) is 16.8 Å². The molecular formula is C10H12N2O. The summed E-state index contributed by atoms with van der Waals surface area (Å²) in [6.45, 7) is 4.17. The fourth-order valence-corrected chi connectivity index (χ4v) is 1.28. The summed E-state index contributed by atoms with van der Waals surface area (Å²) in [5.41, 5.74) is 0.873. The third kappa shape index (κ3) is 1.49. The van der Waals surface area contributed by atoms with E-state index in [4.69, 9.17) is 4.42 Å². The van der Waals surface area contributed by atoms with Gasteiger partial charge in [-0.1, -0.05) is 0 Å². The van der Waals surface area contributed by atoms with Crippen molar-refractivity contribution in [1.82, 2.24) is 4.98 Å². The van der Waals surface area contributed by atoms with E-state index >= 15 is 0 Å². The van der Waals surface area contributed by atoms with Crippen LogP contribution in [0.3, 0.4) is 0 Å². The topological polar surface area (TPSA) is 38.1 Å². The molecule has 0 aliphatic carbocycles. The maximum Gasteiger partial charge on any atom is 0.139 e. The van der Waals surface area contributed by atoms with Gasteiger partial charge in [-0.15, -0.1) is 0 Å². The zero-order valence-electron chi connectivity index (χ0n) is 7.74. The summed E-state index contributed by atoms with van der Waals surface area (Å²) in [4.78, 5) is 4.25. The first-order chi connectivity index (χ1) is 6.27. The van der Waals surface area contributed by atoms with E-state index in [1.807, 2.05) is 12.1 Å². The number of anilines is 1. The summed E-state index contributed by atoms with van der Waals surface area (Å²) < 4.78 is 5.26. The first-order valence-electron chi connectivity index (χ1n) is 4.36. The number of nitrogens with one attached hydrogen (secondary N) is 1. The van der Waals surface area contributed by atoms with Crippen molar-refractivity contribution < 1.29 is 4.42 Å². The molecule has 0 spiro atoms. The third-order valence-corrected chi connectivity index (χ3v) is 1.81. The third-order valence-electron chi connectivity index (χ3n) is 1.81. The fourth-order valence-electron chi connectivity index (χ4n) is 1.28. The van der Waals surface area contributed by atoms with Crippen molar-refractivity contribution in [1.29, 1.82) is 0 Å². The number of fused-ring (bicyclic) bond motifs is 1. The molecule has 2 heterocycles. The summed E-state index contributed by atoms with van der Waals surface area (Å²) in [5, 5.41) is 4.30. The molecule has 0 aliphatic heterocycles. The molecule has 0 atom stereocenters. The lowest BCUT2D eigenvalue weighted by atomic mass is 10.3. The molecule has 2 aromatic heterocycles. The van der Waals surface area contributed by atoms with Gasteiger partial charge in [0.2, 0.25) is 0 Å². The van der Waals surface area contributed by atoms with E-state index in [2.05, 4.69) is 24.1 Å². The fraction of sp³-hybridized carbons (Fsp3) is 0.300. The van der Waals surface area contributed by atoms with Crippen molar-refractivity contribution in [2.45, 2.75) is 19.9 Å². The molecule has 2 rings (SSSR count). The van der Waals surface area contributed by atoms with Crippen molar-refractivity contribution in [3.63, 3.8) is 0 Å². The molecule has 3 heteroatoms. The van der Waals surface area contributed by atoms with Crippen LogP contribution in [0.25, 0.3) is 11.0 Å². The van der Waals surface area contributed by atoms with Crippen molar-refractivity contribution >= 4 is 16.8 Å². The van der Waals surface area contributed by atoms with Crippen LogP contribution in [-0.4, -0.2) is 11.0 Å². The predicted octanol–water partition coefficient (Wildman–Crippen LogP) is 2.65. The van der Waals surface area contributed by atoms with Crippen molar-refractivity contribution in [2.75, 3.05) is 5.32 Å². The standard InChI is InChI=1S/C10H12N2O/c1-7(2)12-10-8-4-6-13-9(8)3-5-11-10/h3-7H,1-2H3,(H,11,12). The highest BCUT2D eigenvalue weighted by Gasteiger charge is 2.04. The van der Waals surface area contributed by atoms with Gasteiger partial charge in [-0.3, -0.25) is 0 Å². The van der Waals surface area contributed by atoms with Gasteiger partial charge >= 0.3 is 0 Å². The number of nitrogens with zero attached hydrogens (tertiary/aromatic N) is 1. The van der Waals surface area contributed by atoms with Gasteiger partial charge in [0.15, 0.2) is 0 Å². The number of aromatic nitrogens is 1. The molecule has 2 aromatic rings. The van der Waals surface area contributed by atoms with Gasteiger partial charge in [-0.05, 0) is 26.0 Å². The molecule has 0 fully saturated rings. The Morgan fingerprint density at radius 3 is 3.00 bits per heavy atom. The van der Waals surface area contributed by atoms with Crippen molar-refractivity contribution in [3.8, 4) is 0 Å². The Bertz CT molecular complexity index is 406. The van der Waals surface area contributed by atoms with Crippen LogP contribution in [0.15, 0.2) is 29.0 Å². The maximum absolute atomic E-state index is 5.26. The van der Waals surface area contributed by atoms with E-state index in [0.29, 0.717) is 6.04 Å². The van der Waals surface area contributed by atoms with E-state index in [-0.39, 0.29) is 0 Å². The largest absolute Gasteiger partial charge is 0.464 e. The SMILES string of the molecule is CC(C)Nc1nccc2occc12. The van der Waals surface area contributed by atoms with Crippen LogP contribution in [0.4, 0.5) is 5.82 Å². The van der Waals surface area contributed by atoms with Gasteiger partial charge in [0.1, 0.15) is 11.4 Å². The highest BCUT2D eigenvalue weighted by Crippen LogP contribution is 2.21. The quantitative estimate of drug-likeness (QED) is 0.764. The van der Waals surface area contributed by atoms with Crippen LogP contribution in [0.2, 0.25) is 0 Å². The monoisotopic (exact) mass is 176 g/mol. The molecule has 68 valence electrons. The van der Waals surface area contributed by atoms with Gasteiger partial charge in [0, 0.05) is 12.2 Å². The Morgan fingerprint density at radius 2 is 2.23 bits per heavy atom. The van der Waals surface area contributed by atoms with E-state index in [1.54, 1.807) is 12.5 Å². The normalized spacial score (nSPS) is 11.0. The van der Waals surface area contributed by atoms with Gasteiger partial charge in [-0.2, -0.15) is 0 Å². The second kappa shape index (κ2) is 3.09. The number of hydrogen-bond acceptors (Lipinski definition) is 3. The number of furan rings is 1. The van der Waals surface area contributed by atoms with E-state index in [1.165, 1.54) is 0 Å². The molecule has 0 saturated heterocycles. The first kappa shape index (κ1) is 8.10. The zero-order chi connectivity index (χ0) is 9.26. The Kier molecular flexibility index (Phi) is 1.93. The van der Waals surface area contributed by atoms with Crippen molar-refractivity contribution in [2.24, 2.45) is 0 Å². The molecule has 0 amide bonds. The van der Waals surface area contributed by atoms with Crippen LogP contribution >= 0.6 is 0 Å². The molecule has 0 bridgehead atoms. The highest BCUT2D eigenvalue weighted by molar-refractivity contribution is 5.87. The predicted molar refractivity (Wildman–Crippen MR) is 52.8 cm³/mol. The average molecular weight is 176 g/mol. The van der Waals surface area contributed by atoms with Crippen LogP contribution in [0, 0.1) is 0 Å². The zero-order valence-corrected chi connectivity index (χ0v) is 7.74.